The summed E-state index contributed by atoms with van der Waals surface area (Å²) in [6.07, 6.45) is 1.86. The highest BCUT2D eigenvalue weighted by molar-refractivity contribution is 5.79. The monoisotopic (exact) mass is 261 g/mol. The van der Waals surface area contributed by atoms with E-state index in [2.05, 4.69) is 6.92 Å². The molecule has 1 heterocycles. The summed E-state index contributed by atoms with van der Waals surface area (Å²) < 4.78 is 0. The molecule has 0 saturated carbocycles. The van der Waals surface area contributed by atoms with Crippen LogP contribution in [0, 0.1) is 12.8 Å². The van der Waals surface area contributed by atoms with E-state index in [1.807, 2.05) is 36.1 Å². The molecule has 0 bridgehead atoms. The molecule has 1 aliphatic rings. The van der Waals surface area contributed by atoms with Gasteiger partial charge in [-0.05, 0) is 30.9 Å². The highest BCUT2D eigenvalue weighted by Gasteiger charge is 2.28. The van der Waals surface area contributed by atoms with Crippen LogP contribution in [0.25, 0.3) is 0 Å². The molecule has 0 aromatic heterocycles. The maximum atomic E-state index is 12.3. The first-order valence-electron chi connectivity index (χ1n) is 7.12. The second kappa shape index (κ2) is 6.20. The van der Waals surface area contributed by atoms with Crippen LogP contribution in [-0.4, -0.2) is 35.1 Å². The zero-order chi connectivity index (χ0) is 13.8. The molecule has 0 aliphatic carbocycles. The van der Waals surface area contributed by atoms with Crippen LogP contribution in [-0.2, 0) is 11.2 Å². The molecule has 1 N–H and O–H groups in total. The van der Waals surface area contributed by atoms with Gasteiger partial charge in [0.25, 0.3) is 0 Å². The minimum Gasteiger partial charge on any atom is -0.393 e. The lowest BCUT2D eigenvalue weighted by Crippen LogP contribution is -2.46. The van der Waals surface area contributed by atoms with Crippen LogP contribution in [0.4, 0.5) is 0 Å². The third kappa shape index (κ3) is 3.35. The molecule has 3 nitrogen and oxygen atoms in total. The van der Waals surface area contributed by atoms with E-state index in [1.165, 1.54) is 5.56 Å². The number of carbonyl (C=O) groups is 1. The molecule has 0 radical (unpaired) electrons. The average Bonchev–Trinajstić information content (AvgIpc) is 2.42. The Labute approximate surface area is 115 Å². The lowest BCUT2D eigenvalue weighted by atomic mass is 9.92. The van der Waals surface area contributed by atoms with Gasteiger partial charge in [-0.25, -0.2) is 0 Å². The number of nitrogens with zero attached hydrogens (tertiary/aromatic N) is 1. The summed E-state index contributed by atoms with van der Waals surface area (Å²) in [5.74, 6) is 0.411. The predicted octanol–water partition coefficient (Wildman–Crippen LogP) is 2.16. The number of rotatable bonds is 3. The summed E-state index contributed by atoms with van der Waals surface area (Å²) in [6.45, 7) is 5.49. The molecular weight excluding hydrogens is 238 g/mol. The predicted molar refractivity (Wildman–Crippen MR) is 75.9 cm³/mol. The molecule has 1 fully saturated rings. The van der Waals surface area contributed by atoms with E-state index in [-0.39, 0.29) is 17.9 Å². The number of hydrogen-bond acceptors (Lipinski definition) is 2. The van der Waals surface area contributed by atoms with E-state index >= 15 is 0 Å². The van der Waals surface area contributed by atoms with Crippen LogP contribution in [0.2, 0.25) is 0 Å². The second-order valence-electron chi connectivity index (χ2n) is 5.47. The van der Waals surface area contributed by atoms with E-state index < -0.39 is 0 Å². The topological polar surface area (TPSA) is 40.5 Å². The van der Waals surface area contributed by atoms with Gasteiger partial charge in [0.2, 0.25) is 5.91 Å². The zero-order valence-electron chi connectivity index (χ0n) is 11.8. The molecular formula is C16H23NO2. The van der Waals surface area contributed by atoms with Crippen molar-refractivity contribution in [2.75, 3.05) is 13.1 Å². The molecule has 19 heavy (non-hydrogen) atoms. The summed E-state index contributed by atoms with van der Waals surface area (Å²) in [4.78, 5) is 14.2. The minimum atomic E-state index is -0.243. The molecule has 2 unspecified atom stereocenters. The lowest BCUT2D eigenvalue weighted by molar-refractivity contribution is -0.134. The fourth-order valence-corrected chi connectivity index (χ4v) is 2.73. The van der Waals surface area contributed by atoms with Crippen LogP contribution >= 0.6 is 0 Å². The molecule has 2 atom stereocenters. The molecule has 1 amide bonds. The number of benzene rings is 1. The van der Waals surface area contributed by atoms with Crippen molar-refractivity contribution in [2.24, 2.45) is 5.92 Å². The van der Waals surface area contributed by atoms with Gasteiger partial charge in [0.15, 0.2) is 0 Å². The molecule has 104 valence electrons. The second-order valence-corrected chi connectivity index (χ2v) is 5.47. The third-order valence-corrected chi connectivity index (χ3v) is 4.17. The molecule has 3 heteroatoms. The minimum absolute atomic E-state index is 0.180. The summed E-state index contributed by atoms with van der Waals surface area (Å²) in [7, 11) is 0. The number of likely N-dealkylation sites (tertiary alicyclic amines) is 1. The van der Waals surface area contributed by atoms with Gasteiger partial charge in [0, 0.05) is 19.0 Å². The molecule has 1 aromatic rings. The quantitative estimate of drug-likeness (QED) is 0.905. The van der Waals surface area contributed by atoms with Crippen molar-refractivity contribution in [3.05, 3.63) is 35.4 Å². The van der Waals surface area contributed by atoms with Crippen molar-refractivity contribution in [3.63, 3.8) is 0 Å². The summed E-state index contributed by atoms with van der Waals surface area (Å²) in [5, 5.41) is 9.86. The number of carbonyl (C=O) groups excluding carboxylic acids is 1. The first kappa shape index (κ1) is 14.1. The van der Waals surface area contributed by atoms with Crippen molar-refractivity contribution in [2.45, 2.75) is 39.2 Å². The maximum Gasteiger partial charge on any atom is 0.227 e. The van der Waals surface area contributed by atoms with Gasteiger partial charge in [-0.3, -0.25) is 4.79 Å². The Morgan fingerprint density at radius 1 is 1.42 bits per heavy atom. The average molecular weight is 261 g/mol. The SMILES string of the molecule is CCC1CN(C(=O)Cc2ccccc2C)CCC1O. The van der Waals surface area contributed by atoms with Gasteiger partial charge < -0.3 is 10.0 Å². The van der Waals surface area contributed by atoms with Crippen molar-refractivity contribution < 1.29 is 9.90 Å². The van der Waals surface area contributed by atoms with E-state index in [1.54, 1.807) is 0 Å². The Balaban J connectivity index is 1.99. The Bertz CT molecular complexity index is 444. The number of aryl methyl sites for hydroxylation is 1. The van der Waals surface area contributed by atoms with Gasteiger partial charge >= 0.3 is 0 Å². The fraction of sp³-hybridized carbons (Fsp3) is 0.562. The highest BCUT2D eigenvalue weighted by atomic mass is 16.3. The number of hydrogen-bond donors (Lipinski definition) is 1. The van der Waals surface area contributed by atoms with Crippen molar-refractivity contribution >= 4 is 5.91 Å². The van der Waals surface area contributed by atoms with Crippen LogP contribution < -0.4 is 0 Å². The summed E-state index contributed by atoms with van der Waals surface area (Å²) in [5.41, 5.74) is 2.27. The van der Waals surface area contributed by atoms with Gasteiger partial charge in [-0.1, -0.05) is 31.2 Å². The highest BCUT2D eigenvalue weighted by Crippen LogP contribution is 2.21. The van der Waals surface area contributed by atoms with Gasteiger partial charge in [-0.15, -0.1) is 0 Å². The molecule has 0 spiro atoms. The van der Waals surface area contributed by atoms with Gasteiger partial charge in [0.05, 0.1) is 12.5 Å². The van der Waals surface area contributed by atoms with Crippen molar-refractivity contribution in [1.29, 1.82) is 0 Å². The first-order valence-corrected chi connectivity index (χ1v) is 7.12. The Hall–Kier alpha value is -1.35. The Morgan fingerprint density at radius 2 is 2.16 bits per heavy atom. The van der Waals surface area contributed by atoms with E-state index in [0.29, 0.717) is 25.9 Å². The number of aliphatic hydroxyl groups excluding tert-OH is 1. The van der Waals surface area contributed by atoms with Gasteiger partial charge in [0.1, 0.15) is 0 Å². The van der Waals surface area contributed by atoms with Crippen molar-refractivity contribution in [3.8, 4) is 0 Å². The van der Waals surface area contributed by atoms with Gasteiger partial charge in [-0.2, -0.15) is 0 Å². The van der Waals surface area contributed by atoms with E-state index in [9.17, 15) is 9.90 Å². The Morgan fingerprint density at radius 3 is 2.84 bits per heavy atom. The zero-order valence-corrected chi connectivity index (χ0v) is 11.8. The number of amides is 1. The standard InChI is InChI=1S/C16H23NO2/c1-3-13-11-17(9-8-15(13)18)16(19)10-14-7-5-4-6-12(14)2/h4-7,13,15,18H,3,8-11H2,1-2H3. The normalized spacial score (nSPS) is 23.4. The number of aliphatic hydroxyl groups is 1. The molecule has 2 rings (SSSR count). The maximum absolute atomic E-state index is 12.3. The fourth-order valence-electron chi connectivity index (χ4n) is 2.73. The molecule has 1 aromatic carbocycles. The van der Waals surface area contributed by atoms with Crippen molar-refractivity contribution in [1.82, 2.24) is 4.90 Å². The largest absolute Gasteiger partial charge is 0.393 e. The lowest BCUT2D eigenvalue weighted by Gasteiger charge is -2.36. The van der Waals surface area contributed by atoms with Crippen LogP contribution in [0.1, 0.15) is 30.9 Å². The smallest absolute Gasteiger partial charge is 0.227 e. The van der Waals surface area contributed by atoms with E-state index in [0.717, 1.165) is 12.0 Å². The van der Waals surface area contributed by atoms with E-state index in [4.69, 9.17) is 0 Å². The molecule has 1 aliphatic heterocycles. The van der Waals surface area contributed by atoms with Crippen LogP contribution in [0.3, 0.4) is 0 Å². The third-order valence-electron chi connectivity index (χ3n) is 4.17. The van der Waals surface area contributed by atoms with Crippen LogP contribution in [0.5, 0.6) is 0 Å². The molecule has 1 saturated heterocycles. The first-order chi connectivity index (χ1) is 9.11. The van der Waals surface area contributed by atoms with Crippen LogP contribution in [0.15, 0.2) is 24.3 Å². The number of piperidine rings is 1. The summed E-state index contributed by atoms with van der Waals surface area (Å²) >= 11 is 0. The summed E-state index contributed by atoms with van der Waals surface area (Å²) in [6, 6.07) is 8.03. The Kier molecular flexibility index (Phi) is 4.59.